The zero-order valence-electron chi connectivity index (χ0n) is 10.8. The molecule has 2 N–H and O–H groups in total. The Morgan fingerprint density at radius 2 is 2.11 bits per heavy atom. The fourth-order valence-corrected chi connectivity index (χ4v) is 2.04. The van der Waals surface area contributed by atoms with Crippen LogP contribution in [0.3, 0.4) is 0 Å². The molecular weight excluding hydrogens is 247 g/mol. The lowest BCUT2D eigenvalue weighted by atomic mass is 10.1. The highest BCUT2D eigenvalue weighted by atomic mass is 19.1. The van der Waals surface area contributed by atoms with Gasteiger partial charge in [-0.2, -0.15) is 0 Å². The first kappa shape index (κ1) is 14.0. The van der Waals surface area contributed by atoms with Crippen molar-refractivity contribution in [2.45, 2.75) is 25.5 Å². The van der Waals surface area contributed by atoms with Gasteiger partial charge >= 0.3 is 0 Å². The molecule has 1 heterocycles. The zero-order valence-corrected chi connectivity index (χ0v) is 10.8. The van der Waals surface area contributed by atoms with Gasteiger partial charge in [-0.15, -0.1) is 0 Å². The van der Waals surface area contributed by atoms with E-state index in [0.717, 1.165) is 25.9 Å². The van der Waals surface area contributed by atoms with E-state index in [2.05, 4.69) is 10.6 Å². The maximum absolute atomic E-state index is 13.3. The van der Waals surface area contributed by atoms with Crippen LogP contribution in [0.15, 0.2) is 24.3 Å². The minimum atomic E-state index is -0.304. The van der Waals surface area contributed by atoms with E-state index in [4.69, 9.17) is 4.74 Å². The molecule has 2 rings (SSSR count). The van der Waals surface area contributed by atoms with Crippen molar-refractivity contribution in [3.8, 4) is 0 Å². The number of nitrogens with one attached hydrogen (secondary N) is 2. The summed E-state index contributed by atoms with van der Waals surface area (Å²) in [4.78, 5) is 11.6. The van der Waals surface area contributed by atoms with Gasteiger partial charge in [0.15, 0.2) is 0 Å². The lowest BCUT2D eigenvalue weighted by molar-refractivity contribution is -0.128. The highest BCUT2D eigenvalue weighted by Crippen LogP contribution is 2.07. The van der Waals surface area contributed by atoms with Crippen LogP contribution in [0, 0.1) is 5.82 Å². The van der Waals surface area contributed by atoms with E-state index >= 15 is 0 Å². The molecule has 0 spiro atoms. The number of carbonyl (C=O) groups is 1. The number of carbonyl (C=O) groups excluding carboxylic acids is 1. The van der Waals surface area contributed by atoms with Gasteiger partial charge in [-0.25, -0.2) is 4.39 Å². The first-order chi connectivity index (χ1) is 9.25. The van der Waals surface area contributed by atoms with E-state index in [1.54, 1.807) is 18.2 Å². The number of rotatable bonds is 5. The molecule has 1 saturated heterocycles. The summed E-state index contributed by atoms with van der Waals surface area (Å²) >= 11 is 0. The Kier molecular flexibility index (Phi) is 5.30. The smallest absolute Gasteiger partial charge is 0.246 e. The molecule has 0 bridgehead atoms. The predicted octanol–water partition coefficient (Wildman–Crippen LogP) is 1.21. The van der Waals surface area contributed by atoms with Gasteiger partial charge in [0.1, 0.15) is 12.4 Å². The van der Waals surface area contributed by atoms with Crippen LogP contribution in [0.4, 0.5) is 4.39 Å². The Hall–Kier alpha value is -1.46. The first-order valence-corrected chi connectivity index (χ1v) is 6.58. The zero-order chi connectivity index (χ0) is 13.5. The van der Waals surface area contributed by atoms with E-state index < -0.39 is 0 Å². The normalized spacial score (nSPS) is 16.3. The molecule has 19 heavy (non-hydrogen) atoms. The minimum Gasteiger partial charge on any atom is -0.368 e. The second-order valence-electron chi connectivity index (χ2n) is 4.63. The molecule has 1 aliphatic heterocycles. The fourth-order valence-electron chi connectivity index (χ4n) is 2.04. The summed E-state index contributed by atoms with van der Waals surface area (Å²) in [6.07, 6.45) is 2.02. The van der Waals surface area contributed by atoms with Crippen LogP contribution in [-0.2, 0) is 16.1 Å². The molecule has 0 saturated carbocycles. The monoisotopic (exact) mass is 266 g/mol. The van der Waals surface area contributed by atoms with Crippen molar-refractivity contribution in [2.24, 2.45) is 0 Å². The van der Waals surface area contributed by atoms with Crippen LogP contribution in [-0.4, -0.2) is 31.7 Å². The van der Waals surface area contributed by atoms with Crippen molar-refractivity contribution in [3.05, 3.63) is 35.6 Å². The molecule has 4 nitrogen and oxygen atoms in total. The molecule has 0 unspecified atom stereocenters. The van der Waals surface area contributed by atoms with Crippen LogP contribution >= 0.6 is 0 Å². The Morgan fingerprint density at radius 1 is 1.37 bits per heavy atom. The minimum absolute atomic E-state index is 0.0408. The van der Waals surface area contributed by atoms with Crippen molar-refractivity contribution in [3.63, 3.8) is 0 Å². The third-order valence-corrected chi connectivity index (χ3v) is 3.17. The van der Waals surface area contributed by atoms with Crippen molar-refractivity contribution in [1.29, 1.82) is 0 Å². The summed E-state index contributed by atoms with van der Waals surface area (Å²) in [6, 6.07) is 6.41. The third-order valence-electron chi connectivity index (χ3n) is 3.17. The lowest BCUT2D eigenvalue weighted by Crippen LogP contribution is -2.35. The number of amides is 1. The highest BCUT2D eigenvalue weighted by Gasteiger charge is 2.14. The molecule has 1 amide bonds. The second kappa shape index (κ2) is 7.21. The molecule has 0 radical (unpaired) electrons. The van der Waals surface area contributed by atoms with Crippen LogP contribution in [0.2, 0.25) is 0 Å². The van der Waals surface area contributed by atoms with Gasteiger partial charge in [0, 0.05) is 12.1 Å². The van der Waals surface area contributed by atoms with Gasteiger partial charge < -0.3 is 15.4 Å². The Balaban J connectivity index is 1.68. The maximum atomic E-state index is 13.3. The number of benzene rings is 1. The van der Waals surface area contributed by atoms with E-state index in [0.29, 0.717) is 5.56 Å². The van der Waals surface area contributed by atoms with E-state index in [9.17, 15) is 9.18 Å². The van der Waals surface area contributed by atoms with E-state index in [1.165, 1.54) is 6.07 Å². The standard InChI is InChI=1S/C14H19FN2O2/c15-13-4-2-1-3-11(13)9-17-14(18)10-19-12-5-7-16-8-6-12/h1-4,12,16H,5-10H2,(H,17,18). The first-order valence-electron chi connectivity index (χ1n) is 6.58. The third kappa shape index (κ3) is 4.61. The van der Waals surface area contributed by atoms with Crippen molar-refractivity contribution >= 4 is 5.91 Å². The molecule has 104 valence electrons. The molecule has 1 fully saturated rings. The fraction of sp³-hybridized carbons (Fsp3) is 0.500. The van der Waals surface area contributed by atoms with Gasteiger partial charge in [-0.05, 0) is 32.0 Å². The van der Waals surface area contributed by atoms with Crippen LogP contribution in [0.1, 0.15) is 18.4 Å². The number of ether oxygens (including phenoxy) is 1. The topological polar surface area (TPSA) is 50.4 Å². The molecule has 1 aliphatic rings. The lowest BCUT2D eigenvalue weighted by Gasteiger charge is -2.22. The van der Waals surface area contributed by atoms with Crippen LogP contribution < -0.4 is 10.6 Å². The summed E-state index contributed by atoms with van der Waals surface area (Å²) in [6.45, 7) is 2.10. The molecular formula is C14H19FN2O2. The Morgan fingerprint density at radius 3 is 2.84 bits per heavy atom. The predicted molar refractivity (Wildman–Crippen MR) is 70.1 cm³/mol. The average molecular weight is 266 g/mol. The molecule has 0 atom stereocenters. The molecule has 1 aromatic rings. The van der Waals surface area contributed by atoms with Gasteiger partial charge in [-0.3, -0.25) is 4.79 Å². The summed E-state index contributed by atoms with van der Waals surface area (Å²) in [5, 5.41) is 5.89. The Labute approximate surface area is 112 Å². The van der Waals surface area contributed by atoms with Crippen molar-refractivity contribution < 1.29 is 13.9 Å². The molecule has 1 aromatic carbocycles. The SMILES string of the molecule is O=C(COC1CCNCC1)NCc1ccccc1F. The largest absolute Gasteiger partial charge is 0.368 e. The summed E-state index contributed by atoms with van der Waals surface area (Å²) in [7, 11) is 0. The number of hydrogen-bond acceptors (Lipinski definition) is 3. The van der Waals surface area contributed by atoms with Crippen LogP contribution in [0.5, 0.6) is 0 Å². The van der Waals surface area contributed by atoms with E-state index in [1.807, 2.05) is 0 Å². The number of piperidine rings is 1. The van der Waals surface area contributed by atoms with E-state index in [-0.39, 0.29) is 31.0 Å². The summed E-state index contributed by atoms with van der Waals surface area (Å²) < 4.78 is 18.8. The summed E-state index contributed by atoms with van der Waals surface area (Å²) in [5.74, 6) is -0.510. The van der Waals surface area contributed by atoms with Gasteiger partial charge in [-0.1, -0.05) is 18.2 Å². The highest BCUT2D eigenvalue weighted by molar-refractivity contribution is 5.77. The molecule has 0 aliphatic carbocycles. The number of hydrogen-bond donors (Lipinski definition) is 2. The molecule has 0 aromatic heterocycles. The number of halogens is 1. The Bertz CT molecular complexity index is 420. The van der Waals surface area contributed by atoms with Crippen molar-refractivity contribution in [1.82, 2.24) is 10.6 Å². The molecule has 5 heteroatoms. The quantitative estimate of drug-likeness (QED) is 0.842. The van der Waals surface area contributed by atoms with Gasteiger partial charge in [0.25, 0.3) is 0 Å². The summed E-state index contributed by atoms with van der Waals surface area (Å²) in [5.41, 5.74) is 0.484. The van der Waals surface area contributed by atoms with Gasteiger partial charge in [0.2, 0.25) is 5.91 Å². The average Bonchev–Trinajstić information content (AvgIpc) is 2.45. The second-order valence-corrected chi connectivity index (χ2v) is 4.63. The maximum Gasteiger partial charge on any atom is 0.246 e. The van der Waals surface area contributed by atoms with Crippen LogP contribution in [0.25, 0.3) is 0 Å². The van der Waals surface area contributed by atoms with Crippen molar-refractivity contribution in [2.75, 3.05) is 19.7 Å². The van der Waals surface area contributed by atoms with Gasteiger partial charge in [0.05, 0.1) is 6.10 Å².